The maximum absolute atomic E-state index is 11.7. The van der Waals surface area contributed by atoms with Crippen LogP contribution in [0, 0.1) is 17.3 Å². The van der Waals surface area contributed by atoms with Crippen LogP contribution >= 0.6 is 0 Å². The van der Waals surface area contributed by atoms with Crippen LogP contribution in [-0.2, 0) is 9.59 Å². The molecule has 2 aliphatic carbocycles. The van der Waals surface area contributed by atoms with E-state index in [1.54, 1.807) is 19.1 Å². The Morgan fingerprint density at radius 2 is 1.94 bits per heavy atom. The number of aliphatic carboxylic acids is 2. The molecule has 0 aromatic carbocycles. The van der Waals surface area contributed by atoms with E-state index in [1.165, 1.54) is 0 Å². The number of carbonyl (C=O) groups is 2. The average Bonchev–Trinajstić information content (AvgIpc) is 3.11. The van der Waals surface area contributed by atoms with E-state index in [9.17, 15) is 19.8 Å². The fourth-order valence-corrected chi connectivity index (χ4v) is 3.09. The van der Waals surface area contributed by atoms with Gasteiger partial charge in [-0.2, -0.15) is 0 Å². The molecule has 0 heterocycles. The highest BCUT2D eigenvalue weighted by Crippen LogP contribution is 2.54. The third-order valence-electron chi connectivity index (χ3n) is 4.25. The summed E-state index contributed by atoms with van der Waals surface area (Å²) in [4.78, 5) is 23.0. The van der Waals surface area contributed by atoms with E-state index in [0.29, 0.717) is 6.42 Å². The zero-order valence-corrected chi connectivity index (χ0v) is 10.6. The number of hydrogen-bond acceptors (Lipinski definition) is 2. The van der Waals surface area contributed by atoms with Crippen LogP contribution < -0.4 is 0 Å². The quantitative estimate of drug-likeness (QED) is 0.803. The Bertz CT molecular complexity index is 456. The Balaban J connectivity index is 2.53. The first-order valence-electron chi connectivity index (χ1n) is 6.30. The van der Waals surface area contributed by atoms with Gasteiger partial charge in [0.2, 0.25) is 0 Å². The smallest absolute Gasteiger partial charge is 0.331 e. The minimum Gasteiger partial charge on any atom is -0.481 e. The molecule has 1 saturated carbocycles. The fraction of sp³-hybridized carbons (Fsp3) is 0.571. The molecule has 0 saturated heterocycles. The van der Waals surface area contributed by atoms with Crippen molar-refractivity contribution in [2.24, 2.45) is 17.3 Å². The molecule has 0 aromatic rings. The van der Waals surface area contributed by atoms with Crippen molar-refractivity contribution < 1.29 is 19.8 Å². The molecule has 2 unspecified atom stereocenters. The maximum Gasteiger partial charge on any atom is 0.331 e. The molecular formula is C14H18O4. The van der Waals surface area contributed by atoms with Crippen LogP contribution in [-0.4, -0.2) is 22.2 Å². The second-order valence-corrected chi connectivity index (χ2v) is 5.30. The molecule has 0 bridgehead atoms. The van der Waals surface area contributed by atoms with Crippen molar-refractivity contribution in [3.63, 3.8) is 0 Å². The van der Waals surface area contributed by atoms with Crippen molar-refractivity contribution >= 4 is 11.9 Å². The van der Waals surface area contributed by atoms with Crippen molar-refractivity contribution in [2.45, 2.75) is 33.1 Å². The molecule has 0 aliphatic heterocycles. The summed E-state index contributed by atoms with van der Waals surface area (Å²) in [6, 6.07) is 0. The van der Waals surface area contributed by atoms with Gasteiger partial charge in [0.15, 0.2) is 0 Å². The number of rotatable bonds is 4. The molecule has 0 radical (unpaired) electrons. The highest BCUT2D eigenvalue weighted by Gasteiger charge is 2.54. The van der Waals surface area contributed by atoms with E-state index >= 15 is 0 Å². The van der Waals surface area contributed by atoms with Crippen molar-refractivity contribution in [1.82, 2.24) is 0 Å². The van der Waals surface area contributed by atoms with E-state index in [0.717, 1.165) is 18.4 Å². The van der Waals surface area contributed by atoms with Crippen LogP contribution in [0.2, 0.25) is 0 Å². The van der Waals surface area contributed by atoms with Gasteiger partial charge in [0.05, 0.1) is 5.41 Å². The van der Waals surface area contributed by atoms with Gasteiger partial charge in [-0.1, -0.05) is 24.6 Å². The molecule has 0 spiro atoms. The summed E-state index contributed by atoms with van der Waals surface area (Å²) in [5, 5.41) is 18.9. The second kappa shape index (κ2) is 4.26. The molecule has 2 atom stereocenters. The summed E-state index contributed by atoms with van der Waals surface area (Å²) in [6.07, 6.45) is 5.75. The Morgan fingerprint density at radius 3 is 2.33 bits per heavy atom. The molecule has 0 aromatic heterocycles. The normalized spacial score (nSPS) is 31.6. The summed E-state index contributed by atoms with van der Waals surface area (Å²) < 4.78 is 0. The van der Waals surface area contributed by atoms with E-state index in [-0.39, 0.29) is 11.5 Å². The standard InChI is InChI=1S/C14H18O4/c1-3-9-6-7-10(12(15)16)11(8-4-5-8)14(9,2)13(17)18/h6-8,11H,3-5H2,1-2H3,(H,15,16)(H,17,18). The summed E-state index contributed by atoms with van der Waals surface area (Å²) in [5.41, 5.74) is -0.00484. The lowest BCUT2D eigenvalue weighted by atomic mass is 9.63. The average molecular weight is 250 g/mol. The van der Waals surface area contributed by atoms with Gasteiger partial charge in [0.1, 0.15) is 0 Å². The molecule has 1 fully saturated rings. The minimum atomic E-state index is -1.07. The molecule has 2 rings (SSSR count). The van der Waals surface area contributed by atoms with Crippen molar-refractivity contribution in [1.29, 1.82) is 0 Å². The number of carboxylic acids is 2. The molecule has 0 amide bonds. The van der Waals surface area contributed by atoms with Crippen molar-refractivity contribution in [3.05, 3.63) is 23.3 Å². The van der Waals surface area contributed by atoms with Gasteiger partial charge in [-0.05, 0) is 32.1 Å². The van der Waals surface area contributed by atoms with Gasteiger partial charge < -0.3 is 10.2 Å². The van der Waals surface area contributed by atoms with Crippen LogP contribution in [0.15, 0.2) is 23.3 Å². The molecular weight excluding hydrogens is 232 g/mol. The van der Waals surface area contributed by atoms with Crippen LogP contribution in [0.5, 0.6) is 0 Å². The van der Waals surface area contributed by atoms with Gasteiger partial charge in [-0.25, -0.2) is 4.79 Å². The largest absolute Gasteiger partial charge is 0.481 e. The summed E-state index contributed by atoms with van der Waals surface area (Å²) in [5.74, 6) is -2.11. The molecule has 4 heteroatoms. The fourth-order valence-electron chi connectivity index (χ4n) is 3.09. The summed E-state index contributed by atoms with van der Waals surface area (Å²) in [6.45, 7) is 3.58. The summed E-state index contributed by atoms with van der Waals surface area (Å²) in [7, 11) is 0. The molecule has 4 nitrogen and oxygen atoms in total. The van der Waals surface area contributed by atoms with E-state index < -0.39 is 23.3 Å². The van der Waals surface area contributed by atoms with E-state index in [2.05, 4.69) is 0 Å². The summed E-state index contributed by atoms with van der Waals surface area (Å²) >= 11 is 0. The predicted molar refractivity (Wildman–Crippen MR) is 66.0 cm³/mol. The molecule has 18 heavy (non-hydrogen) atoms. The number of carboxylic acid groups (broad SMARTS) is 2. The van der Waals surface area contributed by atoms with Gasteiger partial charge in [-0.15, -0.1) is 0 Å². The maximum atomic E-state index is 11.7. The lowest BCUT2D eigenvalue weighted by Gasteiger charge is -2.39. The highest BCUT2D eigenvalue weighted by atomic mass is 16.4. The second-order valence-electron chi connectivity index (χ2n) is 5.30. The molecule has 2 aliphatic rings. The van der Waals surface area contributed by atoms with Crippen LogP contribution in [0.3, 0.4) is 0 Å². The van der Waals surface area contributed by atoms with Crippen LogP contribution in [0.25, 0.3) is 0 Å². The van der Waals surface area contributed by atoms with Crippen LogP contribution in [0.4, 0.5) is 0 Å². The van der Waals surface area contributed by atoms with Crippen molar-refractivity contribution in [3.8, 4) is 0 Å². The third kappa shape index (κ3) is 1.76. The predicted octanol–water partition coefficient (Wildman–Crippen LogP) is 2.46. The van der Waals surface area contributed by atoms with E-state index in [1.807, 2.05) is 6.92 Å². The van der Waals surface area contributed by atoms with E-state index in [4.69, 9.17) is 0 Å². The van der Waals surface area contributed by atoms with Gasteiger partial charge >= 0.3 is 11.9 Å². The van der Waals surface area contributed by atoms with Gasteiger partial charge in [-0.3, -0.25) is 4.79 Å². The number of hydrogen-bond donors (Lipinski definition) is 2. The lowest BCUT2D eigenvalue weighted by Crippen LogP contribution is -2.42. The van der Waals surface area contributed by atoms with Gasteiger partial charge in [0.25, 0.3) is 0 Å². The van der Waals surface area contributed by atoms with Gasteiger partial charge in [0, 0.05) is 11.5 Å². The lowest BCUT2D eigenvalue weighted by molar-refractivity contribution is -0.149. The Kier molecular flexibility index (Phi) is 3.05. The topological polar surface area (TPSA) is 74.6 Å². The Morgan fingerprint density at radius 1 is 1.33 bits per heavy atom. The molecule has 2 N–H and O–H groups in total. The Hall–Kier alpha value is -1.58. The first-order valence-corrected chi connectivity index (χ1v) is 6.30. The number of allylic oxidation sites excluding steroid dienone is 2. The third-order valence-corrected chi connectivity index (χ3v) is 4.25. The first-order chi connectivity index (χ1) is 8.42. The monoisotopic (exact) mass is 250 g/mol. The zero-order chi connectivity index (χ0) is 13.5. The highest BCUT2D eigenvalue weighted by molar-refractivity contribution is 5.92. The zero-order valence-electron chi connectivity index (χ0n) is 10.6. The van der Waals surface area contributed by atoms with Crippen molar-refractivity contribution in [2.75, 3.05) is 0 Å². The molecule has 98 valence electrons. The SMILES string of the molecule is CCC1=CC=C(C(=O)O)C(C2CC2)C1(C)C(=O)O. The first kappa shape index (κ1) is 12.9. The minimum absolute atomic E-state index is 0.198. The van der Waals surface area contributed by atoms with Crippen LogP contribution in [0.1, 0.15) is 33.1 Å². The Labute approximate surface area is 106 Å².